The van der Waals surface area contributed by atoms with Crippen LogP contribution in [0.3, 0.4) is 0 Å². The van der Waals surface area contributed by atoms with Gasteiger partial charge in [0.15, 0.2) is 0 Å². The standard InChI is InChI=1S/C26H22FN3O3/c1-15-4-13-22(16(2)14-15)23-24(29-20-9-7-19(8-10-20)28-17(3)31)26(33)30(25(23)32)21-11-5-18(27)6-12-21/h4-14,29H,1-3H3,(H,28,31). The third-order valence-electron chi connectivity index (χ3n) is 5.29. The molecule has 0 fully saturated rings. The van der Waals surface area contributed by atoms with Crippen molar-refractivity contribution in [2.45, 2.75) is 20.8 Å². The first-order valence-electron chi connectivity index (χ1n) is 10.4. The van der Waals surface area contributed by atoms with Gasteiger partial charge in [-0.2, -0.15) is 0 Å². The Morgan fingerprint density at radius 3 is 2.09 bits per heavy atom. The van der Waals surface area contributed by atoms with Crippen molar-refractivity contribution in [2.75, 3.05) is 15.5 Å². The maximum absolute atomic E-state index is 13.5. The first kappa shape index (κ1) is 22.0. The van der Waals surface area contributed by atoms with Gasteiger partial charge in [0.25, 0.3) is 11.8 Å². The van der Waals surface area contributed by atoms with E-state index in [1.807, 2.05) is 32.0 Å². The molecule has 0 radical (unpaired) electrons. The summed E-state index contributed by atoms with van der Waals surface area (Å²) < 4.78 is 13.4. The van der Waals surface area contributed by atoms with Crippen molar-refractivity contribution >= 4 is 40.4 Å². The molecule has 4 rings (SSSR count). The SMILES string of the molecule is CC(=O)Nc1ccc(NC2=C(c3ccc(C)cc3C)C(=O)N(c3ccc(F)cc3)C2=O)cc1. The van der Waals surface area contributed by atoms with Crippen LogP contribution in [-0.2, 0) is 14.4 Å². The molecule has 1 aliphatic rings. The van der Waals surface area contributed by atoms with Gasteiger partial charge in [-0.25, -0.2) is 9.29 Å². The van der Waals surface area contributed by atoms with E-state index >= 15 is 0 Å². The fraction of sp³-hybridized carbons (Fsp3) is 0.115. The van der Waals surface area contributed by atoms with Crippen LogP contribution in [0.2, 0.25) is 0 Å². The van der Waals surface area contributed by atoms with Gasteiger partial charge in [-0.1, -0.05) is 23.8 Å². The fourth-order valence-corrected chi connectivity index (χ4v) is 3.80. The smallest absolute Gasteiger partial charge is 0.282 e. The van der Waals surface area contributed by atoms with Crippen LogP contribution >= 0.6 is 0 Å². The number of halogens is 1. The summed E-state index contributed by atoms with van der Waals surface area (Å²) in [5, 5.41) is 5.77. The quantitative estimate of drug-likeness (QED) is 0.556. The lowest BCUT2D eigenvalue weighted by Crippen LogP contribution is -2.32. The molecule has 0 saturated carbocycles. The maximum atomic E-state index is 13.5. The van der Waals surface area contributed by atoms with Crippen molar-refractivity contribution in [1.82, 2.24) is 0 Å². The summed E-state index contributed by atoms with van der Waals surface area (Å²) in [6, 6.07) is 17.7. The molecule has 0 bridgehead atoms. The number of hydrogen-bond acceptors (Lipinski definition) is 4. The van der Waals surface area contributed by atoms with Crippen molar-refractivity contribution in [3.05, 3.63) is 94.9 Å². The van der Waals surface area contributed by atoms with Gasteiger partial charge in [0, 0.05) is 18.3 Å². The molecular formula is C26H22FN3O3. The molecule has 6 nitrogen and oxygen atoms in total. The van der Waals surface area contributed by atoms with Crippen molar-refractivity contribution < 1.29 is 18.8 Å². The lowest BCUT2D eigenvalue weighted by atomic mass is 9.97. The number of aryl methyl sites for hydroxylation is 2. The topological polar surface area (TPSA) is 78.5 Å². The average molecular weight is 443 g/mol. The van der Waals surface area contributed by atoms with Gasteiger partial charge in [-0.15, -0.1) is 0 Å². The highest BCUT2D eigenvalue weighted by atomic mass is 19.1. The Kier molecular flexibility index (Phi) is 5.79. The van der Waals surface area contributed by atoms with Crippen LogP contribution in [0.25, 0.3) is 5.57 Å². The van der Waals surface area contributed by atoms with Crippen LogP contribution in [0, 0.1) is 19.7 Å². The van der Waals surface area contributed by atoms with Crippen LogP contribution in [0.1, 0.15) is 23.6 Å². The highest BCUT2D eigenvalue weighted by Gasteiger charge is 2.40. The predicted molar refractivity (Wildman–Crippen MR) is 126 cm³/mol. The number of carbonyl (C=O) groups excluding carboxylic acids is 3. The molecule has 2 N–H and O–H groups in total. The molecule has 0 unspecified atom stereocenters. The van der Waals surface area contributed by atoms with Gasteiger partial charge in [0.1, 0.15) is 11.5 Å². The molecule has 3 aromatic rings. The molecule has 3 amide bonds. The fourth-order valence-electron chi connectivity index (χ4n) is 3.80. The normalized spacial score (nSPS) is 13.5. The Morgan fingerprint density at radius 2 is 1.48 bits per heavy atom. The van der Waals surface area contributed by atoms with Crippen molar-refractivity contribution in [1.29, 1.82) is 0 Å². The number of amides is 3. The number of anilines is 3. The largest absolute Gasteiger partial charge is 0.350 e. The van der Waals surface area contributed by atoms with E-state index in [2.05, 4.69) is 10.6 Å². The Hall–Kier alpha value is -4.26. The summed E-state index contributed by atoms with van der Waals surface area (Å²) in [6.07, 6.45) is 0. The molecule has 0 aromatic heterocycles. The molecule has 0 spiro atoms. The van der Waals surface area contributed by atoms with Gasteiger partial charge in [0.05, 0.1) is 11.3 Å². The van der Waals surface area contributed by atoms with E-state index in [1.165, 1.54) is 31.2 Å². The van der Waals surface area contributed by atoms with E-state index in [4.69, 9.17) is 0 Å². The van der Waals surface area contributed by atoms with Crippen molar-refractivity contribution in [3.63, 3.8) is 0 Å². The zero-order valence-electron chi connectivity index (χ0n) is 18.4. The molecule has 1 aliphatic heterocycles. The van der Waals surface area contributed by atoms with Gasteiger partial charge >= 0.3 is 0 Å². The number of nitrogens with zero attached hydrogens (tertiary/aromatic N) is 1. The zero-order chi connectivity index (χ0) is 23.7. The van der Waals surface area contributed by atoms with E-state index < -0.39 is 17.6 Å². The van der Waals surface area contributed by atoms with Crippen LogP contribution in [-0.4, -0.2) is 17.7 Å². The minimum absolute atomic E-state index is 0.128. The summed E-state index contributed by atoms with van der Waals surface area (Å²) in [5.41, 5.74) is 4.37. The maximum Gasteiger partial charge on any atom is 0.282 e. The first-order chi connectivity index (χ1) is 15.7. The Bertz CT molecular complexity index is 1300. The van der Waals surface area contributed by atoms with Crippen LogP contribution in [0.5, 0.6) is 0 Å². The molecule has 7 heteroatoms. The number of hydrogen-bond donors (Lipinski definition) is 2. The molecule has 3 aromatic carbocycles. The van der Waals surface area contributed by atoms with Gasteiger partial charge in [-0.3, -0.25) is 14.4 Å². The number of nitrogens with one attached hydrogen (secondary N) is 2. The van der Waals surface area contributed by atoms with Crippen LogP contribution < -0.4 is 15.5 Å². The highest BCUT2D eigenvalue weighted by molar-refractivity contribution is 6.46. The van der Waals surface area contributed by atoms with E-state index in [-0.39, 0.29) is 22.9 Å². The minimum Gasteiger partial charge on any atom is -0.350 e. The van der Waals surface area contributed by atoms with Crippen LogP contribution in [0.15, 0.2) is 72.4 Å². The molecule has 0 aliphatic carbocycles. The minimum atomic E-state index is -0.535. The number of imide groups is 1. The summed E-state index contributed by atoms with van der Waals surface area (Å²) in [4.78, 5) is 39.2. The Balaban J connectivity index is 1.78. The molecule has 1 heterocycles. The molecule has 33 heavy (non-hydrogen) atoms. The second-order valence-corrected chi connectivity index (χ2v) is 7.87. The Morgan fingerprint density at radius 1 is 0.848 bits per heavy atom. The van der Waals surface area contributed by atoms with Gasteiger partial charge in [0.2, 0.25) is 5.91 Å². The van der Waals surface area contributed by atoms with E-state index in [9.17, 15) is 18.8 Å². The molecule has 166 valence electrons. The average Bonchev–Trinajstić information content (AvgIpc) is 3.00. The highest BCUT2D eigenvalue weighted by Crippen LogP contribution is 2.35. The van der Waals surface area contributed by atoms with Crippen LogP contribution in [0.4, 0.5) is 21.5 Å². The van der Waals surface area contributed by atoms with Gasteiger partial charge in [-0.05, 0) is 73.5 Å². The lowest BCUT2D eigenvalue weighted by Gasteiger charge is -2.15. The first-order valence-corrected chi connectivity index (χ1v) is 10.4. The second-order valence-electron chi connectivity index (χ2n) is 7.87. The predicted octanol–water partition coefficient (Wildman–Crippen LogP) is 4.80. The van der Waals surface area contributed by atoms with E-state index in [0.29, 0.717) is 16.9 Å². The van der Waals surface area contributed by atoms with Crippen molar-refractivity contribution in [2.24, 2.45) is 0 Å². The second kappa shape index (κ2) is 8.70. The third kappa shape index (κ3) is 4.39. The summed E-state index contributed by atoms with van der Waals surface area (Å²) in [5.74, 6) is -1.68. The van der Waals surface area contributed by atoms with E-state index in [0.717, 1.165) is 16.0 Å². The molecular weight excluding hydrogens is 421 g/mol. The lowest BCUT2D eigenvalue weighted by molar-refractivity contribution is -0.120. The summed E-state index contributed by atoms with van der Waals surface area (Å²) in [7, 11) is 0. The molecule has 0 atom stereocenters. The number of rotatable bonds is 5. The van der Waals surface area contributed by atoms with Crippen molar-refractivity contribution in [3.8, 4) is 0 Å². The third-order valence-corrected chi connectivity index (χ3v) is 5.29. The van der Waals surface area contributed by atoms with Gasteiger partial charge < -0.3 is 10.6 Å². The monoisotopic (exact) mass is 443 g/mol. The number of carbonyl (C=O) groups is 3. The summed E-state index contributed by atoms with van der Waals surface area (Å²) >= 11 is 0. The Labute approximate surface area is 190 Å². The number of benzene rings is 3. The molecule has 0 saturated heterocycles. The summed E-state index contributed by atoms with van der Waals surface area (Å²) in [6.45, 7) is 5.25. The zero-order valence-corrected chi connectivity index (χ0v) is 18.4. The van der Waals surface area contributed by atoms with E-state index in [1.54, 1.807) is 24.3 Å².